The third kappa shape index (κ3) is 7.52. The van der Waals surface area contributed by atoms with Crippen LogP contribution < -0.4 is 4.74 Å². The molecule has 0 fully saturated rings. The van der Waals surface area contributed by atoms with Gasteiger partial charge in [0.25, 0.3) is 0 Å². The van der Waals surface area contributed by atoms with E-state index in [-0.39, 0.29) is 12.4 Å². The van der Waals surface area contributed by atoms with Gasteiger partial charge in [-0.05, 0) is 18.8 Å². The molecule has 1 aromatic carbocycles. The lowest BCUT2D eigenvalue weighted by molar-refractivity contribution is -0.138. The van der Waals surface area contributed by atoms with Gasteiger partial charge in [0.2, 0.25) is 0 Å². The first-order chi connectivity index (χ1) is 10.4. The van der Waals surface area contributed by atoms with Gasteiger partial charge in [-0.2, -0.15) is 0 Å². The van der Waals surface area contributed by atoms with Crippen molar-refractivity contribution >= 4 is 11.9 Å². The molecule has 0 saturated heterocycles. The quantitative estimate of drug-likeness (QED) is 0.335. The number of hydrogen-bond acceptors (Lipinski definition) is 4. The van der Waals surface area contributed by atoms with Gasteiger partial charge in [-0.3, -0.25) is 0 Å². The van der Waals surface area contributed by atoms with Crippen molar-refractivity contribution in [3.05, 3.63) is 42.0 Å². The molecule has 6 heteroatoms. The van der Waals surface area contributed by atoms with Gasteiger partial charge in [-0.1, -0.05) is 13.8 Å². The maximum atomic E-state index is 12.9. The predicted octanol–water partition coefficient (Wildman–Crippen LogP) is 3.41. The monoisotopic (exact) mass is 312 g/mol. The van der Waals surface area contributed by atoms with E-state index in [1.807, 2.05) is 0 Å². The molecular formula is C16H18F2O4. The number of carbonyl (C=O) groups excluding carboxylic acids is 2. The Morgan fingerprint density at radius 3 is 2.27 bits per heavy atom. The predicted molar refractivity (Wildman–Crippen MR) is 76.2 cm³/mol. The lowest BCUT2D eigenvalue weighted by Crippen LogP contribution is -2.08. The Bertz CT molecular complexity index is 533. The number of ether oxygens (including phenoxy) is 2. The Balaban J connectivity index is 2.38. The van der Waals surface area contributed by atoms with Gasteiger partial charge < -0.3 is 9.47 Å². The van der Waals surface area contributed by atoms with E-state index < -0.39 is 23.6 Å². The Hall–Kier alpha value is -2.24. The highest BCUT2D eigenvalue weighted by Gasteiger charge is 2.06. The maximum Gasteiger partial charge on any atom is 0.336 e. The van der Waals surface area contributed by atoms with Crippen LogP contribution in [0.15, 0.2) is 30.4 Å². The molecule has 1 aromatic rings. The van der Waals surface area contributed by atoms with E-state index >= 15 is 0 Å². The van der Waals surface area contributed by atoms with Gasteiger partial charge in [0.05, 0.1) is 6.61 Å². The fourth-order valence-corrected chi connectivity index (χ4v) is 1.59. The molecule has 0 atom stereocenters. The molecule has 0 N–H and O–H groups in total. The van der Waals surface area contributed by atoms with Crippen molar-refractivity contribution < 1.29 is 27.8 Å². The molecular weight excluding hydrogens is 294 g/mol. The van der Waals surface area contributed by atoms with E-state index in [9.17, 15) is 18.4 Å². The van der Waals surface area contributed by atoms with Gasteiger partial charge in [-0.15, -0.1) is 0 Å². The first kappa shape index (κ1) is 17.8. The highest BCUT2D eigenvalue weighted by molar-refractivity contribution is 5.92. The summed E-state index contributed by atoms with van der Waals surface area (Å²) >= 11 is 0. The molecule has 0 aliphatic rings. The molecule has 0 aliphatic carbocycles. The van der Waals surface area contributed by atoms with Crippen molar-refractivity contribution in [1.82, 2.24) is 0 Å². The largest absolute Gasteiger partial charge is 0.463 e. The number of rotatable bonds is 7. The molecule has 1 rings (SSSR count). The molecule has 0 heterocycles. The molecule has 0 aromatic heterocycles. The van der Waals surface area contributed by atoms with E-state index in [2.05, 4.69) is 18.6 Å². The van der Waals surface area contributed by atoms with E-state index in [0.29, 0.717) is 12.0 Å². The standard InChI is InChI=1S/C16H18F2O4/c1-11(2)4-3-7-21-15(19)5-6-16(20)22-14-9-12(17)8-13(18)10-14/h5-6,8-11H,3-4,7H2,1-2H3/b6-5+. The average molecular weight is 312 g/mol. The van der Waals surface area contributed by atoms with Crippen LogP contribution in [0.1, 0.15) is 26.7 Å². The van der Waals surface area contributed by atoms with Crippen LogP contribution in [-0.2, 0) is 14.3 Å². The second kappa shape index (κ2) is 8.92. The molecule has 0 unspecified atom stereocenters. The molecule has 120 valence electrons. The lowest BCUT2D eigenvalue weighted by atomic mass is 10.1. The topological polar surface area (TPSA) is 52.6 Å². The summed E-state index contributed by atoms with van der Waals surface area (Å²) in [4.78, 5) is 22.7. The smallest absolute Gasteiger partial charge is 0.336 e. The summed E-state index contributed by atoms with van der Waals surface area (Å²) in [5, 5.41) is 0. The molecule has 4 nitrogen and oxygen atoms in total. The van der Waals surface area contributed by atoms with E-state index in [4.69, 9.17) is 4.74 Å². The third-order valence-electron chi connectivity index (χ3n) is 2.58. The second-order valence-electron chi connectivity index (χ2n) is 5.06. The zero-order valence-electron chi connectivity index (χ0n) is 12.5. The number of carbonyl (C=O) groups is 2. The van der Waals surface area contributed by atoms with Crippen LogP contribution in [-0.4, -0.2) is 18.5 Å². The van der Waals surface area contributed by atoms with E-state index in [1.54, 1.807) is 0 Å². The van der Waals surface area contributed by atoms with Gasteiger partial charge >= 0.3 is 11.9 Å². The van der Waals surface area contributed by atoms with Crippen LogP contribution in [0.3, 0.4) is 0 Å². The lowest BCUT2D eigenvalue weighted by Gasteiger charge is -2.04. The van der Waals surface area contributed by atoms with Gasteiger partial charge in [-0.25, -0.2) is 18.4 Å². The summed E-state index contributed by atoms with van der Waals surface area (Å²) in [5.41, 5.74) is 0. The third-order valence-corrected chi connectivity index (χ3v) is 2.58. The number of halogens is 2. The van der Waals surface area contributed by atoms with Crippen LogP contribution in [0, 0.1) is 17.6 Å². The van der Waals surface area contributed by atoms with Crippen LogP contribution in [0.25, 0.3) is 0 Å². The molecule has 22 heavy (non-hydrogen) atoms. The van der Waals surface area contributed by atoms with E-state index in [0.717, 1.165) is 37.1 Å². The average Bonchev–Trinajstić information content (AvgIpc) is 2.40. The molecule has 0 saturated carbocycles. The van der Waals surface area contributed by atoms with Crippen molar-refractivity contribution in [3.63, 3.8) is 0 Å². The first-order valence-corrected chi connectivity index (χ1v) is 6.89. The normalized spacial score (nSPS) is 11.0. The molecule has 0 radical (unpaired) electrons. The molecule has 0 amide bonds. The van der Waals surface area contributed by atoms with Gasteiger partial charge in [0.15, 0.2) is 0 Å². The summed E-state index contributed by atoms with van der Waals surface area (Å²) in [6, 6.07) is 2.37. The maximum absolute atomic E-state index is 12.9. The Morgan fingerprint density at radius 1 is 1.09 bits per heavy atom. The van der Waals surface area contributed by atoms with Crippen molar-refractivity contribution in [2.45, 2.75) is 26.7 Å². The van der Waals surface area contributed by atoms with Gasteiger partial charge in [0.1, 0.15) is 17.4 Å². The number of hydrogen-bond donors (Lipinski definition) is 0. The second-order valence-corrected chi connectivity index (χ2v) is 5.06. The number of benzene rings is 1. The van der Waals surface area contributed by atoms with Crippen molar-refractivity contribution in [1.29, 1.82) is 0 Å². The molecule has 0 spiro atoms. The summed E-state index contributed by atoms with van der Waals surface area (Å²) in [6.07, 6.45) is 3.43. The van der Waals surface area contributed by atoms with Crippen LogP contribution in [0.5, 0.6) is 5.75 Å². The Kier molecular flexibility index (Phi) is 7.22. The minimum atomic E-state index is -0.927. The molecule has 0 aliphatic heterocycles. The van der Waals surface area contributed by atoms with Crippen LogP contribution in [0.4, 0.5) is 8.78 Å². The Morgan fingerprint density at radius 2 is 1.68 bits per heavy atom. The van der Waals surface area contributed by atoms with E-state index in [1.165, 1.54) is 0 Å². The first-order valence-electron chi connectivity index (χ1n) is 6.89. The zero-order chi connectivity index (χ0) is 16.5. The summed E-state index contributed by atoms with van der Waals surface area (Å²) in [6.45, 7) is 4.39. The highest BCUT2D eigenvalue weighted by atomic mass is 19.1. The fourth-order valence-electron chi connectivity index (χ4n) is 1.59. The molecule has 0 bridgehead atoms. The summed E-state index contributed by atoms with van der Waals surface area (Å²) in [5.74, 6) is -3.09. The fraction of sp³-hybridized carbons (Fsp3) is 0.375. The summed E-state index contributed by atoms with van der Waals surface area (Å²) in [7, 11) is 0. The van der Waals surface area contributed by atoms with Gasteiger partial charge in [0, 0.05) is 30.4 Å². The highest BCUT2D eigenvalue weighted by Crippen LogP contribution is 2.15. The summed E-state index contributed by atoms with van der Waals surface area (Å²) < 4.78 is 35.3. The van der Waals surface area contributed by atoms with Crippen LogP contribution >= 0.6 is 0 Å². The van der Waals surface area contributed by atoms with Crippen molar-refractivity contribution in [2.75, 3.05) is 6.61 Å². The van der Waals surface area contributed by atoms with Crippen molar-refractivity contribution in [2.24, 2.45) is 5.92 Å². The Labute approximate surface area is 127 Å². The van der Waals surface area contributed by atoms with Crippen LogP contribution in [0.2, 0.25) is 0 Å². The zero-order valence-corrected chi connectivity index (χ0v) is 12.5. The minimum Gasteiger partial charge on any atom is -0.463 e. The van der Waals surface area contributed by atoms with Crippen molar-refractivity contribution in [3.8, 4) is 5.75 Å². The minimum absolute atomic E-state index is 0.269. The SMILES string of the molecule is CC(C)CCCOC(=O)/C=C/C(=O)Oc1cc(F)cc(F)c1. The number of esters is 2.